The molecule has 2 aromatic carbocycles. The molecule has 2 heterocycles. The third kappa shape index (κ3) is 2.74. The summed E-state index contributed by atoms with van der Waals surface area (Å²) >= 11 is 0. The summed E-state index contributed by atoms with van der Waals surface area (Å²) < 4.78 is 12.9. The van der Waals surface area contributed by atoms with Crippen molar-refractivity contribution in [2.24, 2.45) is 10.7 Å². The Balaban J connectivity index is 1.91. The van der Waals surface area contributed by atoms with Gasteiger partial charge in [-0.1, -0.05) is 54.6 Å². The Morgan fingerprint density at radius 1 is 1.00 bits per heavy atom. The van der Waals surface area contributed by atoms with Crippen molar-refractivity contribution in [1.29, 1.82) is 0 Å². The van der Waals surface area contributed by atoms with Gasteiger partial charge in [0.2, 0.25) is 0 Å². The molecule has 28 heavy (non-hydrogen) atoms. The Morgan fingerprint density at radius 2 is 1.75 bits per heavy atom. The Morgan fingerprint density at radius 3 is 2.36 bits per heavy atom. The lowest BCUT2D eigenvalue weighted by Crippen LogP contribution is -2.41. The molecule has 140 valence electrons. The Labute approximate surface area is 162 Å². The van der Waals surface area contributed by atoms with E-state index in [4.69, 9.17) is 5.73 Å². The van der Waals surface area contributed by atoms with Gasteiger partial charge in [0.1, 0.15) is 6.67 Å². The number of aromatic nitrogens is 1. The van der Waals surface area contributed by atoms with Gasteiger partial charge >= 0.3 is 0 Å². The molecule has 3 aromatic rings. The van der Waals surface area contributed by atoms with Crippen LogP contribution in [0, 0.1) is 0 Å². The fourth-order valence-electron chi connectivity index (χ4n) is 3.46. The van der Waals surface area contributed by atoms with Crippen LogP contribution >= 0.6 is 0 Å². The summed E-state index contributed by atoms with van der Waals surface area (Å²) in [6.07, 6.45) is 1.50. The average Bonchev–Trinajstić information content (AvgIpc) is 2.99. The maximum atomic E-state index is 13.3. The molecule has 0 spiro atoms. The first-order valence-electron chi connectivity index (χ1n) is 8.87. The van der Waals surface area contributed by atoms with E-state index in [1.165, 1.54) is 11.1 Å². The third-order valence-electron chi connectivity index (χ3n) is 5.01. The van der Waals surface area contributed by atoms with E-state index in [9.17, 15) is 9.18 Å². The van der Waals surface area contributed by atoms with Gasteiger partial charge < -0.3 is 5.73 Å². The summed E-state index contributed by atoms with van der Waals surface area (Å²) in [5, 5.41) is 0. The van der Waals surface area contributed by atoms with E-state index in [-0.39, 0.29) is 11.9 Å². The van der Waals surface area contributed by atoms with Crippen molar-refractivity contribution >= 4 is 11.9 Å². The van der Waals surface area contributed by atoms with Gasteiger partial charge in [0.15, 0.2) is 11.5 Å². The van der Waals surface area contributed by atoms with Crippen molar-refractivity contribution in [3.05, 3.63) is 89.7 Å². The highest BCUT2D eigenvalue weighted by Gasteiger charge is 2.49. The molecule has 1 amide bonds. The molecule has 0 saturated carbocycles. The number of halogens is 1. The first-order chi connectivity index (χ1) is 13.6. The fourth-order valence-corrected chi connectivity index (χ4v) is 3.46. The van der Waals surface area contributed by atoms with E-state index >= 15 is 0 Å². The number of amides is 1. The molecule has 2 N–H and O–H groups in total. The number of rotatable bonds is 4. The predicted octanol–water partition coefficient (Wildman–Crippen LogP) is 3.25. The van der Waals surface area contributed by atoms with Crippen LogP contribution in [0.2, 0.25) is 0 Å². The molecule has 4 rings (SSSR count). The quantitative estimate of drug-likeness (QED) is 0.762. The zero-order chi connectivity index (χ0) is 19.7. The van der Waals surface area contributed by atoms with E-state index in [0.717, 1.165) is 11.1 Å². The molecule has 1 aromatic heterocycles. The van der Waals surface area contributed by atoms with E-state index in [1.807, 2.05) is 54.6 Å². The number of nitrogens with zero attached hydrogens (tertiary/aromatic N) is 3. The molecule has 0 bridgehead atoms. The van der Waals surface area contributed by atoms with Crippen LogP contribution in [0.1, 0.15) is 16.8 Å². The van der Waals surface area contributed by atoms with Gasteiger partial charge in [0, 0.05) is 18.8 Å². The number of alkyl halides is 1. The number of carbonyl (C=O) groups is 1. The summed E-state index contributed by atoms with van der Waals surface area (Å²) in [5.41, 5.74) is 8.17. The van der Waals surface area contributed by atoms with Crippen molar-refractivity contribution in [2.75, 3.05) is 7.05 Å². The van der Waals surface area contributed by atoms with Gasteiger partial charge in [-0.05, 0) is 28.8 Å². The van der Waals surface area contributed by atoms with Gasteiger partial charge in [-0.3, -0.25) is 14.7 Å². The van der Waals surface area contributed by atoms with Crippen molar-refractivity contribution in [3.63, 3.8) is 0 Å². The molecule has 5 nitrogen and oxygen atoms in total. The zero-order valence-corrected chi connectivity index (χ0v) is 15.3. The second kappa shape index (κ2) is 6.88. The molecule has 0 radical (unpaired) electrons. The largest absolute Gasteiger partial charge is 0.369 e. The smallest absolute Gasteiger partial charge is 0.266 e. The van der Waals surface area contributed by atoms with Gasteiger partial charge in [-0.25, -0.2) is 9.38 Å². The van der Waals surface area contributed by atoms with Gasteiger partial charge in [-0.15, -0.1) is 0 Å². The normalized spacial score (nSPS) is 19.0. The van der Waals surface area contributed by atoms with Crippen LogP contribution in [0.4, 0.5) is 4.39 Å². The lowest BCUT2D eigenvalue weighted by atomic mass is 9.82. The maximum Gasteiger partial charge on any atom is 0.266 e. The molecule has 1 atom stereocenters. The summed E-state index contributed by atoms with van der Waals surface area (Å²) in [7, 11) is 1.59. The second-order valence-electron chi connectivity index (χ2n) is 6.66. The van der Waals surface area contributed by atoms with E-state index < -0.39 is 12.2 Å². The van der Waals surface area contributed by atoms with Gasteiger partial charge in [-0.2, -0.15) is 0 Å². The molecule has 6 heteroatoms. The molecule has 0 fully saturated rings. The molecule has 1 unspecified atom stereocenters. The van der Waals surface area contributed by atoms with Crippen molar-refractivity contribution in [2.45, 2.75) is 12.2 Å². The van der Waals surface area contributed by atoms with Gasteiger partial charge in [0.25, 0.3) is 5.91 Å². The van der Waals surface area contributed by atoms with E-state index in [0.29, 0.717) is 16.8 Å². The Hall–Kier alpha value is -3.54. The minimum absolute atomic E-state index is 0.129. The molecule has 0 aliphatic carbocycles. The number of carbonyl (C=O) groups excluding carboxylic acids is 1. The number of nitrogens with two attached hydrogens (primary N) is 1. The molecule has 0 saturated heterocycles. The summed E-state index contributed by atoms with van der Waals surface area (Å²) in [5.74, 6) is -0.144. The van der Waals surface area contributed by atoms with Crippen LogP contribution in [0.5, 0.6) is 0 Å². The van der Waals surface area contributed by atoms with Gasteiger partial charge in [0.05, 0.1) is 5.69 Å². The summed E-state index contributed by atoms with van der Waals surface area (Å²) in [6, 6.07) is 20.8. The third-order valence-corrected chi connectivity index (χ3v) is 5.01. The second-order valence-corrected chi connectivity index (χ2v) is 6.66. The zero-order valence-electron chi connectivity index (χ0n) is 15.3. The lowest BCUT2D eigenvalue weighted by Gasteiger charge is -2.26. The van der Waals surface area contributed by atoms with Crippen LogP contribution in [-0.4, -0.2) is 28.8 Å². The number of likely N-dealkylation sites (N-methyl/N-ethyl adjacent to an activating group) is 1. The van der Waals surface area contributed by atoms with Crippen LogP contribution in [-0.2, 0) is 17.0 Å². The van der Waals surface area contributed by atoms with E-state index in [1.54, 1.807) is 19.2 Å². The standard InChI is InChI=1S/C22H19FN4O/c1-27-20(28)22(26-21(27)24,18-10-11-19(13-23)25-14-18)17-9-5-8-16(12-17)15-6-3-2-4-7-15/h2-12,14H,13H2,1H3,(H2,24,26). The molecule has 1 aliphatic rings. The fraction of sp³-hybridized carbons (Fsp3) is 0.136. The Kier molecular flexibility index (Phi) is 4.39. The number of guanidine groups is 1. The number of aliphatic imine (C=N–C) groups is 1. The predicted molar refractivity (Wildman–Crippen MR) is 106 cm³/mol. The molecular formula is C22H19FN4O. The van der Waals surface area contributed by atoms with Crippen LogP contribution in [0.3, 0.4) is 0 Å². The molecule has 1 aliphatic heterocycles. The number of hydrogen-bond donors (Lipinski definition) is 1. The highest BCUT2D eigenvalue weighted by Crippen LogP contribution is 2.40. The first-order valence-corrected chi connectivity index (χ1v) is 8.87. The van der Waals surface area contributed by atoms with Crippen LogP contribution in [0.25, 0.3) is 11.1 Å². The van der Waals surface area contributed by atoms with Crippen LogP contribution < -0.4 is 5.73 Å². The SMILES string of the molecule is CN1C(=O)C(c2ccc(CF)nc2)(c2cccc(-c3ccccc3)c2)N=C1N. The minimum atomic E-state index is -1.34. The Bertz CT molecular complexity index is 1050. The van der Waals surface area contributed by atoms with Crippen LogP contribution in [0.15, 0.2) is 77.9 Å². The summed E-state index contributed by atoms with van der Waals surface area (Å²) in [4.78, 5) is 23.3. The highest BCUT2D eigenvalue weighted by atomic mass is 19.1. The van der Waals surface area contributed by atoms with E-state index in [2.05, 4.69) is 9.98 Å². The minimum Gasteiger partial charge on any atom is -0.369 e. The number of benzene rings is 2. The summed E-state index contributed by atoms with van der Waals surface area (Å²) in [6.45, 7) is -0.671. The maximum absolute atomic E-state index is 13.3. The monoisotopic (exact) mass is 374 g/mol. The average molecular weight is 374 g/mol. The van der Waals surface area contributed by atoms with Crippen molar-refractivity contribution in [3.8, 4) is 11.1 Å². The topological polar surface area (TPSA) is 71.6 Å². The van der Waals surface area contributed by atoms with Crippen molar-refractivity contribution < 1.29 is 9.18 Å². The van der Waals surface area contributed by atoms with Crippen molar-refractivity contribution in [1.82, 2.24) is 9.88 Å². The first kappa shape index (κ1) is 17.9. The number of pyridine rings is 1. The highest BCUT2D eigenvalue weighted by molar-refractivity contribution is 6.09. The molecular weight excluding hydrogens is 355 g/mol. The number of hydrogen-bond acceptors (Lipinski definition) is 4. The lowest BCUT2D eigenvalue weighted by molar-refractivity contribution is -0.129.